The molecule has 1 heterocycles. The average molecular weight is 678 g/mol. The van der Waals surface area contributed by atoms with Crippen molar-refractivity contribution in [3.8, 4) is 0 Å². The lowest BCUT2D eigenvalue weighted by Crippen LogP contribution is -2.60. The van der Waals surface area contributed by atoms with E-state index >= 15 is 0 Å². The molecular weight excluding hydrogens is 610 g/mol. The molecule has 276 valence electrons. The zero-order valence-corrected chi connectivity index (χ0v) is 29.7. The van der Waals surface area contributed by atoms with Crippen LogP contribution in [0.4, 0.5) is 0 Å². The second kappa shape index (κ2) is 29.8. The van der Waals surface area contributed by atoms with E-state index in [2.05, 4.69) is 79.9 Å². The van der Waals surface area contributed by atoms with E-state index in [1.54, 1.807) is 0 Å². The lowest BCUT2D eigenvalue weighted by molar-refractivity contribution is -0.302. The normalized spacial score (nSPS) is 23.4. The first-order chi connectivity index (χ1) is 23.3. The smallest absolute Gasteiger partial charge is 0.220 e. The van der Waals surface area contributed by atoms with Crippen LogP contribution < -0.4 is 5.32 Å². The number of allylic oxidation sites excluding steroid dienone is 10. The second-order valence-electron chi connectivity index (χ2n) is 12.6. The summed E-state index contributed by atoms with van der Waals surface area (Å²) in [5.74, 6) is -0.177. The van der Waals surface area contributed by atoms with Gasteiger partial charge in [-0.15, -0.1) is 0 Å². The van der Waals surface area contributed by atoms with E-state index in [4.69, 9.17) is 9.47 Å². The third-order valence-corrected chi connectivity index (χ3v) is 8.39. The summed E-state index contributed by atoms with van der Waals surface area (Å²) in [5, 5.41) is 53.5. The van der Waals surface area contributed by atoms with Gasteiger partial charge in [0.05, 0.1) is 25.4 Å². The molecule has 6 N–H and O–H groups in total. The Morgan fingerprint density at radius 2 is 1.29 bits per heavy atom. The standard InChI is InChI=1S/C39H67NO8/c1-3-5-7-9-10-11-12-13-14-15-16-17-18-19-20-21-22-23-24-25-27-29-35(43)40-32(33(42)28-26-8-6-4-2)31-47-39-38(46)37(45)36(44)34(30-41)48-39/h5,7,10-11,13-14,16-17,19-20,32-34,36-39,41-42,44-46H,3-4,6,8-9,12,15,18,21-31H2,1-2H3,(H,40,43)/b7-5-,11-10-,14-13-,17-16-,20-19-. The second-order valence-corrected chi connectivity index (χ2v) is 12.6. The maximum Gasteiger partial charge on any atom is 0.220 e. The van der Waals surface area contributed by atoms with Crippen molar-refractivity contribution >= 4 is 5.91 Å². The van der Waals surface area contributed by atoms with E-state index in [-0.39, 0.29) is 12.5 Å². The van der Waals surface area contributed by atoms with Crippen LogP contribution in [0.25, 0.3) is 0 Å². The van der Waals surface area contributed by atoms with Crippen LogP contribution >= 0.6 is 0 Å². The van der Waals surface area contributed by atoms with Crippen LogP contribution in [0.3, 0.4) is 0 Å². The first kappa shape index (κ1) is 43.9. The van der Waals surface area contributed by atoms with Crippen LogP contribution in [-0.2, 0) is 14.3 Å². The lowest BCUT2D eigenvalue weighted by Gasteiger charge is -2.40. The van der Waals surface area contributed by atoms with Gasteiger partial charge in [-0.3, -0.25) is 4.79 Å². The Hall–Kier alpha value is -2.11. The summed E-state index contributed by atoms with van der Waals surface area (Å²) in [4.78, 5) is 12.8. The minimum absolute atomic E-state index is 0.154. The summed E-state index contributed by atoms with van der Waals surface area (Å²) in [6, 6.07) is -0.727. The minimum Gasteiger partial charge on any atom is -0.394 e. The van der Waals surface area contributed by atoms with Crippen LogP contribution in [0.15, 0.2) is 60.8 Å². The molecule has 1 fully saturated rings. The van der Waals surface area contributed by atoms with E-state index in [1.807, 2.05) is 0 Å². The molecule has 0 aromatic rings. The van der Waals surface area contributed by atoms with Gasteiger partial charge in [0.25, 0.3) is 0 Å². The molecule has 7 atom stereocenters. The van der Waals surface area contributed by atoms with Gasteiger partial charge in [0, 0.05) is 6.42 Å². The summed E-state index contributed by atoms with van der Waals surface area (Å²) in [7, 11) is 0. The van der Waals surface area contributed by atoms with Gasteiger partial charge in [-0.05, 0) is 57.8 Å². The quantitative estimate of drug-likeness (QED) is 0.0430. The number of aliphatic hydroxyl groups excluding tert-OH is 5. The summed E-state index contributed by atoms with van der Waals surface area (Å²) in [6.07, 6.45) is 30.0. The Kier molecular flexibility index (Phi) is 27.2. The molecule has 0 saturated carbocycles. The van der Waals surface area contributed by atoms with Crippen LogP contribution in [0.1, 0.15) is 123 Å². The zero-order chi connectivity index (χ0) is 35.2. The van der Waals surface area contributed by atoms with Crippen LogP contribution in [0, 0.1) is 0 Å². The molecule has 0 radical (unpaired) electrons. The van der Waals surface area contributed by atoms with Crippen molar-refractivity contribution in [2.24, 2.45) is 0 Å². The molecule has 9 heteroatoms. The topological polar surface area (TPSA) is 149 Å². The van der Waals surface area contributed by atoms with E-state index in [0.29, 0.717) is 12.8 Å². The Morgan fingerprint density at radius 3 is 1.90 bits per heavy atom. The lowest BCUT2D eigenvalue weighted by atomic mass is 9.99. The van der Waals surface area contributed by atoms with Gasteiger partial charge < -0.3 is 40.3 Å². The predicted molar refractivity (Wildman–Crippen MR) is 193 cm³/mol. The van der Waals surface area contributed by atoms with Crippen LogP contribution in [0.2, 0.25) is 0 Å². The van der Waals surface area contributed by atoms with Crippen molar-refractivity contribution in [3.63, 3.8) is 0 Å². The highest BCUT2D eigenvalue weighted by molar-refractivity contribution is 5.76. The summed E-state index contributed by atoms with van der Waals surface area (Å²) in [6.45, 7) is 3.54. The number of ether oxygens (including phenoxy) is 2. The highest BCUT2D eigenvalue weighted by Crippen LogP contribution is 2.22. The first-order valence-corrected chi connectivity index (χ1v) is 18.5. The Labute approximate surface area is 290 Å². The van der Waals surface area contributed by atoms with Crippen molar-refractivity contribution in [2.45, 2.75) is 166 Å². The van der Waals surface area contributed by atoms with Crippen molar-refractivity contribution in [2.75, 3.05) is 13.2 Å². The first-order valence-electron chi connectivity index (χ1n) is 18.5. The van der Waals surface area contributed by atoms with Gasteiger partial charge in [0.15, 0.2) is 6.29 Å². The fraction of sp³-hybridized carbons (Fsp3) is 0.718. The minimum atomic E-state index is -1.56. The molecule has 1 rings (SSSR count). The molecule has 1 aliphatic heterocycles. The fourth-order valence-electron chi connectivity index (χ4n) is 5.36. The maximum absolute atomic E-state index is 12.8. The molecule has 0 bridgehead atoms. The highest BCUT2D eigenvalue weighted by atomic mass is 16.7. The molecule has 48 heavy (non-hydrogen) atoms. The monoisotopic (exact) mass is 677 g/mol. The third-order valence-electron chi connectivity index (χ3n) is 8.39. The van der Waals surface area contributed by atoms with E-state index in [1.165, 1.54) is 0 Å². The molecule has 7 unspecified atom stereocenters. The fourth-order valence-corrected chi connectivity index (χ4v) is 5.36. The van der Waals surface area contributed by atoms with Crippen molar-refractivity contribution in [1.82, 2.24) is 5.32 Å². The number of unbranched alkanes of at least 4 members (excludes halogenated alkanes) is 8. The molecule has 9 nitrogen and oxygen atoms in total. The molecule has 0 spiro atoms. The summed E-state index contributed by atoms with van der Waals surface area (Å²) < 4.78 is 11.1. The van der Waals surface area contributed by atoms with Crippen molar-refractivity contribution < 1.29 is 39.8 Å². The van der Waals surface area contributed by atoms with Gasteiger partial charge in [0.2, 0.25) is 5.91 Å². The molecular formula is C39H67NO8. The SMILES string of the molecule is CC/C=C\C/C=C\C/C=C\C/C=C\C/C=C\CCCCCCCC(=O)NC(COC1OC(CO)C(O)C(O)C1O)C(O)CCCCCC. The van der Waals surface area contributed by atoms with Crippen LogP contribution in [0.5, 0.6) is 0 Å². The number of amides is 1. The van der Waals surface area contributed by atoms with Gasteiger partial charge >= 0.3 is 0 Å². The number of hydrogen-bond acceptors (Lipinski definition) is 8. The van der Waals surface area contributed by atoms with E-state index in [0.717, 1.165) is 96.3 Å². The highest BCUT2D eigenvalue weighted by Gasteiger charge is 2.44. The van der Waals surface area contributed by atoms with Gasteiger partial charge in [-0.2, -0.15) is 0 Å². The summed E-state index contributed by atoms with van der Waals surface area (Å²) in [5.41, 5.74) is 0. The van der Waals surface area contributed by atoms with E-state index < -0.39 is 49.5 Å². The number of nitrogens with one attached hydrogen (secondary N) is 1. The van der Waals surface area contributed by atoms with Crippen molar-refractivity contribution in [1.29, 1.82) is 0 Å². The molecule has 1 amide bonds. The number of carbonyl (C=O) groups is 1. The molecule has 0 aliphatic carbocycles. The molecule has 0 aromatic heterocycles. The number of hydrogen-bond donors (Lipinski definition) is 6. The zero-order valence-electron chi connectivity index (χ0n) is 29.7. The van der Waals surface area contributed by atoms with E-state index in [9.17, 15) is 30.3 Å². The number of rotatable bonds is 28. The summed E-state index contributed by atoms with van der Waals surface area (Å²) >= 11 is 0. The predicted octanol–water partition coefficient (Wildman–Crippen LogP) is 6.10. The maximum atomic E-state index is 12.8. The number of carbonyl (C=O) groups excluding carboxylic acids is 1. The Morgan fingerprint density at radius 1 is 0.729 bits per heavy atom. The van der Waals surface area contributed by atoms with Crippen molar-refractivity contribution in [3.05, 3.63) is 60.8 Å². The Bertz CT molecular complexity index is 931. The molecule has 1 saturated heterocycles. The van der Waals surface area contributed by atoms with Gasteiger partial charge in [-0.1, -0.05) is 120 Å². The Balaban J connectivity index is 2.27. The molecule has 0 aromatic carbocycles. The average Bonchev–Trinajstić information content (AvgIpc) is 3.08. The molecule has 1 aliphatic rings. The van der Waals surface area contributed by atoms with Crippen LogP contribution in [-0.4, -0.2) is 87.5 Å². The number of aliphatic hydroxyl groups is 5. The largest absolute Gasteiger partial charge is 0.394 e. The van der Waals surface area contributed by atoms with Gasteiger partial charge in [-0.25, -0.2) is 0 Å². The van der Waals surface area contributed by atoms with Gasteiger partial charge in [0.1, 0.15) is 24.4 Å². The third kappa shape index (κ3) is 21.1.